The summed E-state index contributed by atoms with van der Waals surface area (Å²) in [5, 5.41) is 10.7. The molecule has 3 aromatic rings. The summed E-state index contributed by atoms with van der Waals surface area (Å²) in [6.45, 7) is 2.81. The van der Waals surface area contributed by atoms with Gasteiger partial charge in [0, 0.05) is 0 Å². The number of hydrogen-bond donors (Lipinski definition) is 1. The predicted octanol–water partition coefficient (Wildman–Crippen LogP) is 2.13. The van der Waals surface area contributed by atoms with Gasteiger partial charge in [0.25, 0.3) is 5.56 Å². The number of hydrogen-bond acceptors (Lipinski definition) is 7. The second-order valence-electron chi connectivity index (χ2n) is 8.19. The summed E-state index contributed by atoms with van der Waals surface area (Å²) in [6.07, 6.45) is -1.54. The Morgan fingerprint density at radius 3 is 2.64 bits per heavy atom. The first-order chi connectivity index (χ1) is 16.0. The van der Waals surface area contributed by atoms with E-state index in [4.69, 9.17) is 18.9 Å². The van der Waals surface area contributed by atoms with Gasteiger partial charge < -0.3 is 28.6 Å². The lowest BCUT2D eigenvalue weighted by atomic mass is 10.1. The van der Waals surface area contributed by atoms with Crippen molar-refractivity contribution in [2.75, 3.05) is 19.8 Å². The standard InChI is InChI=1S/C25H25NO7/c1-2-30-25(29)18-11-16-5-3-4-6-19(16)26(24(18)28)12-15-7-9-17(10-8-15)33-21-14-32-22-20(27)13-31-23(21)22/h3-11,20-23,27H,2,12-14H2,1H3/t20-,21-,22+,23+/m0/s1. The molecule has 1 N–H and O–H groups in total. The molecule has 33 heavy (non-hydrogen) atoms. The summed E-state index contributed by atoms with van der Waals surface area (Å²) in [5.74, 6) is 0.0255. The maximum absolute atomic E-state index is 13.1. The predicted molar refractivity (Wildman–Crippen MR) is 120 cm³/mol. The highest BCUT2D eigenvalue weighted by atomic mass is 16.6. The van der Waals surface area contributed by atoms with Gasteiger partial charge in [-0.1, -0.05) is 30.3 Å². The Morgan fingerprint density at radius 1 is 1.09 bits per heavy atom. The van der Waals surface area contributed by atoms with Gasteiger partial charge in [0.2, 0.25) is 0 Å². The van der Waals surface area contributed by atoms with E-state index in [9.17, 15) is 14.7 Å². The highest BCUT2D eigenvalue weighted by molar-refractivity contribution is 5.93. The number of para-hydroxylation sites is 1. The molecule has 8 nitrogen and oxygen atoms in total. The third kappa shape index (κ3) is 4.13. The lowest BCUT2D eigenvalue weighted by Crippen LogP contribution is -2.34. The van der Waals surface area contributed by atoms with Crippen LogP contribution in [0.1, 0.15) is 22.8 Å². The number of esters is 1. The molecule has 2 aliphatic heterocycles. The molecule has 0 amide bonds. The van der Waals surface area contributed by atoms with Crippen molar-refractivity contribution in [1.29, 1.82) is 0 Å². The zero-order valence-corrected chi connectivity index (χ0v) is 18.2. The molecule has 2 aromatic carbocycles. The summed E-state index contributed by atoms with van der Waals surface area (Å²) in [5.41, 5.74) is 1.24. The van der Waals surface area contributed by atoms with Crippen LogP contribution in [0.2, 0.25) is 0 Å². The first-order valence-corrected chi connectivity index (χ1v) is 11.0. The van der Waals surface area contributed by atoms with E-state index in [1.807, 2.05) is 48.5 Å². The van der Waals surface area contributed by atoms with Gasteiger partial charge in [-0.15, -0.1) is 0 Å². The maximum atomic E-state index is 13.1. The summed E-state index contributed by atoms with van der Waals surface area (Å²) in [6, 6.07) is 16.5. The summed E-state index contributed by atoms with van der Waals surface area (Å²) < 4.78 is 23.9. The topological polar surface area (TPSA) is 96.2 Å². The average Bonchev–Trinajstić information content (AvgIpc) is 3.40. The van der Waals surface area contributed by atoms with Crippen LogP contribution in [0.25, 0.3) is 10.9 Å². The van der Waals surface area contributed by atoms with Crippen molar-refractivity contribution < 1.29 is 28.8 Å². The zero-order chi connectivity index (χ0) is 22.9. The van der Waals surface area contributed by atoms with Gasteiger partial charge in [-0.05, 0) is 42.1 Å². The Kier molecular flexibility index (Phi) is 5.88. The minimum atomic E-state index is -0.623. The fourth-order valence-electron chi connectivity index (χ4n) is 4.42. The van der Waals surface area contributed by atoms with Gasteiger partial charge in [0.05, 0.1) is 31.9 Å². The molecular formula is C25H25NO7. The number of aromatic nitrogens is 1. The molecule has 2 fully saturated rings. The summed E-state index contributed by atoms with van der Waals surface area (Å²) >= 11 is 0. The van der Waals surface area contributed by atoms with E-state index in [2.05, 4.69) is 0 Å². The number of nitrogens with zero attached hydrogens (tertiary/aromatic N) is 1. The molecule has 2 saturated heterocycles. The molecule has 0 bridgehead atoms. The van der Waals surface area contributed by atoms with Gasteiger partial charge in [0.15, 0.2) is 6.10 Å². The van der Waals surface area contributed by atoms with Crippen molar-refractivity contribution in [3.63, 3.8) is 0 Å². The van der Waals surface area contributed by atoms with Crippen LogP contribution in [0.15, 0.2) is 59.4 Å². The Bertz CT molecular complexity index is 1220. The first-order valence-electron chi connectivity index (χ1n) is 11.0. The van der Waals surface area contributed by atoms with E-state index in [1.165, 1.54) is 0 Å². The highest BCUT2D eigenvalue weighted by Crippen LogP contribution is 2.30. The van der Waals surface area contributed by atoms with Gasteiger partial charge >= 0.3 is 5.97 Å². The van der Waals surface area contributed by atoms with Gasteiger partial charge in [0.1, 0.15) is 29.6 Å². The Labute approximate surface area is 190 Å². The van der Waals surface area contributed by atoms with Crippen LogP contribution in [0.4, 0.5) is 0 Å². The number of aliphatic hydroxyl groups excluding tert-OH is 1. The Morgan fingerprint density at radius 2 is 1.85 bits per heavy atom. The van der Waals surface area contributed by atoms with Gasteiger partial charge in [-0.2, -0.15) is 0 Å². The molecule has 3 heterocycles. The SMILES string of the molecule is CCOC(=O)c1cc2ccccc2n(Cc2ccc(O[C@H]3CO[C@H]4[C@@H]3OC[C@@H]4O)cc2)c1=O. The number of pyridine rings is 1. The van der Waals surface area contributed by atoms with Crippen LogP contribution in [0.5, 0.6) is 5.75 Å². The van der Waals surface area contributed by atoms with Crippen molar-refractivity contribution >= 4 is 16.9 Å². The van der Waals surface area contributed by atoms with Crippen LogP contribution in [0.3, 0.4) is 0 Å². The van der Waals surface area contributed by atoms with Crippen molar-refractivity contribution in [3.8, 4) is 5.75 Å². The van der Waals surface area contributed by atoms with Crippen molar-refractivity contribution in [1.82, 2.24) is 4.57 Å². The lowest BCUT2D eigenvalue weighted by Gasteiger charge is -2.18. The van der Waals surface area contributed by atoms with Crippen molar-refractivity contribution in [2.45, 2.75) is 37.9 Å². The normalized spacial score (nSPS) is 24.1. The molecule has 0 aliphatic carbocycles. The van der Waals surface area contributed by atoms with E-state index < -0.39 is 17.6 Å². The Hall–Kier alpha value is -3.20. The van der Waals surface area contributed by atoms with Crippen LogP contribution in [-0.4, -0.2) is 59.9 Å². The number of ether oxygens (including phenoxy) is 4. The second-order valence-corrected chi connectivity index (χ2v) is 8.19. The molecule has 8 heteroatoms. The second kappa shape index (κ2) is 8.97. The largest absolute Gasteiger partial charge is 0.485 e. The number of carbonyl (C=O) groups is 1. The van der Waals surface area contributed by atoms with E-state index >= 15 is 0 Å². The number of aliphatic hydroxyl groups is 1. The van der Waals surface area contributed by atoms with E-state index in [0.717, 1.165) is 16.5 Å². The fraction of sp³-hybridized carbons (Fsp3) is 0.360. The number of benzene rings is 2. The molecule has 0 unspecified atom stereocenters. The molecule has 4 atom stereocenters. The first kappa shape index (κ1) is 21.6. The van der Waals surface area contributed by atoms with Crippen molar-refractivity contribution in [2.24, 2.45) is 0 Å². The number of carbonyl (C=O) groups excluding carboxylic acids is 1. The van der Waals surface area contributed by atoms with Crippen LogP contribution >= 0.6 is 0 Å². The zero-order valence-electron chi connectivity index (χ0n) is 18.2. The number of fused-ring (bicyclic) bond motifs is 2. The smallest absolute Gasteiger partial charge is 0.343 e. The van der Waals surface area contributed by atoms with Crippen LogP contribution < -0.4 is 10.3 Å². The fourth-order valence-corrected chi connectivity index (χ4v) is 4.42. The van der Waals surface area contributed by atoms with Crippen LogP contribution in [-0.2, 0) is 20.8 Å². The molecule has 1 aromatic heterocycles. The molecule has 2 aliphatic rings. The molecule has 0 saturated carbocycles. The quantitative estimate of drug-likeness (QED) is 0.574. The third-order valence-electron chi connectivity index (χ3n) is 6.03. The van der Waals surface area contributed by atoms with E-state index in [0.29, 0.717) is 18.9 Å². The van der Waals surface area contributed by atoms with Crippen LogP contribution in [0, 0.1) is 0 Å². The lowest BCUT2D eigenvalue weighted by molar-refractivity contribution is 0.00862. The van der Waals surface area contributed by atoms with E-state index in [1.54, 1.807) is 17.6 Å². The van der Waals surface area contributed by atoms with Crippen molar-refractivity contribution in [3.05, 3.63) is 76.1 Å². The van der Waals surface area contributed by atoms with E-state index in [-0.39, 0.29) is 37.1 Å². The molecule has 5 rings (SSSR count). The number of rotatable bonds is 6. The summed E-state index contributed by atoms with van der Waals surface area (Å²) in [7, 11) is 0. The monoisotopic (exact) mass is 451 g/mol. The minimum absolute atomic E-state index is 0.0186. The molecular weight excluding hydrogens is 426 g/mol. The molecule has 0 spiro atoms. The molecule has 0 radical (unpaired) electrons. The summed E-state index contributed by atoms with van der Waals surface area (Å²) in [4.78, 5) is 25.5. The molecule has 172 valence electrons. The minimum Gasteiger partial charge on any atom is -0.485 e. The average molecular weight is 451 g/mol. The Balaban J connectivity index is 1.38. The maximum Gasteiger partial charge on any atom is 0.343 e. The van der Waals surface area contributed by atoms with Gasteiger partial charge in [-0.25, -0.2) is 4.79 Å². The highest BCUT2D eigenvalue weighted by Gasteiger charge is 2.48. The van der Waals surface area contributed by atoms with Gasteiger partial charge in [-0.3, -0.25) is 4.79 Å². The third-order valence-corrected chi connectivity index (χ3v) is 6.03.